The van der Waals surface area contributed by atoms with Gasteiger partial charge in [0, 0.05) is 31.2 Å². The molecule has 3 rings (SSSR count). The molecule has 160 valence electrons. The molecule has 0 aromatic heterocycles. The lowest BCUT2D eigenvalue weighted by molar-refractivity contribution is -0.149. The molecule has 1 aromatic rings. The van der Waals surface area contributed by atoms with Crippen LogP contribution in [0.25, 0.3) is 0 Å². The van der Waals surface area contributed by atoms with E-state index in [1.54, 1.807) is 29.2 Å². The molecule has 0 N–H and O–H groups in total. The monoisotopic (exact) mass is 442 g/mol. The van der Waals surface area contributed by atoms with E-state index in [1.165, 1.54) is 11.4 Å². The molecular formula is C20H27ClN2O5S. The Hall–Kier alpha value is -1.64. The minimum Gasteiger partial charge on any atom is -0.469 e. The highest BCUT2D eigenvalue weighted by atomic mass is 35.5. The molecule has 2 heterocycles. The van der Waals surface area contributed by atoms with Gasteiger partial charge >= 0.3 is 5.97 Å². The first-order chi connectivity index (χ1) is 13.8. The van der Waals surface area contributed by atoms with Crippen LogP contribution in [-0.4, -0.2) is 62.8 Å². The zero-order valence-corrected chi connectivity index (χ0v) is 18.1. The zero-order chi connectivity index (χ0) is 21.0. The summed E-state index contributed by atoms with van der Waals surface area (Å²) in [5, 5.41) is 0.500. The van der Waals surface area contributed by atoms with Crippen molar-refractivity contribution in [2.45, 2.75) is 31.4 Å². The summed E-state index contributed by atoms with van der Waals surface area (Å²) in [5.74, 6) is -0.875. The van der Waals surface area contributed by atoms with Gasteiger partial charge in [0.05, 0.1) is 24.7 Å². The average molecular weight is 443 g/mol. The molecule has 2 aliphatic rings. The molecule has 0 aliphatic carbocycles. The lowest BCUT2D eigenvalue weighted by atomic mass is 9.93. The molecule has 29 heavy (non-hydrogen) atoms. The summed E-state index contributed by atoms with van der Waals surface area (Å²) in [4.78, 5) is 26.4. The number of halogens is 1. The predicted molar refractivity (Wildman–Crippen MR) is 110 cm³/mol. The normalized spacial score (nSPS) is 21.7. The van der Waals surface area contributed by atoms with Gasteiger partial charge in [-0.3, -0.25) is 9.59 Å². The van der Waals surface area contributed by atoms with Crippen molar-refractivity contribution in [3.63, 3.8) is 0 Å². The van der Waals surface area contributed by atoms with Crippen LogP contribution in [0.3, 0.4) is 0 Å². The maximum atomic E-state index is 12.9. The van der Waals surface area contributed by atoms with Gasteiger partial charge in [0.1, 0.15) is 0 Å². The van der Waals surface area contributed by atoms with Crippen LogP contribution in [-0.2, 0) is 30.1 Å². The van der Waals surface area contributed by atoms with Crippen molar-refractivity contribution in [1.82, 2.24) is 9.21 Å². The molecule has 0 unspecified atom stereocenters. The Morgan fingerprint density at radius 2 is 1.86 bits per heavy atom. The van der Waals surface area contributed by atoms with Crippen LogP contribution in [0.1, 0.15) is 31.2 Å². The number of esters is 1. The summed E-state index contributed by atoms with van der Waals surface area (Å²) in [5.41, 5.74) is 0.635. The molecule has 0 bridgehead atoms. The SMILES string of the molecule is COC(=O)C1CCN(C(=O)[C@@H]2CCCN(S(=O)(=O)Cc3cccc(Cl)c3)C2)CC1. The largest absolute Gasteiger partial charge is 0.469 e. The number of hydrogen-bond acceptors (Lipinski definition) is 5. The van der Waals surface area contributed by atoms with Crippen LogP contribution in [0.15, 0.2) is 24.3 Å². The average Bonchev–Trinajstić information content (AvgIpc) is 2.72. The minimum atomic E-state index is -3.53. The third-order valence-corrected chi connectivity index (χ3v) is 7.76. The number of amides is 1. The van der Waals surface area contributed by atoms with Gasteiger partial charge in [-0.05, 0) is 43.4 Å². The maximum absolute atomic E-state index is 12.9. The van der Waals surface area contributed by atoms with E-state index in [0.29, 0.717) is 55.9 Å². The summed E-state index contributed by atoms with van der Waals surface area (Å²) in [6, 6.07) is 6.82. The first-order valence-corrected chi connectivity index (χ1v) is 11.9. The Bertz CT molecular complexity index is 852. The van der Waals surface area contributed by atoms with Crippen LogP contribution in [0.4, 0.5) is 0 Å². The molecule has 1 amide bonds. The highest BCUT2D eigenvalue weighted by Crippen LogP contribution is 2.26. The fourth-order valence-corrected chi connectivity index (χ4v) is 5.90. The maximum Gasteiger partial charge on any atom is 0.308 e. The number of methoxy groups -OCH3 is 1. The molecule has 0 radical (unpaired) electrons. The molecule has 0 saturated carbocycles. The first-order valence-electron chi connectivity index (χ1n) is 9.89. The number of piperidine rings is 2. The van der Waals surface area contributed by atoms with Gasteiger partial charge < -0.3 is 9.64 Å². The Labute approximate surface area is 177 Å². The second-order valence-corrected chi connectivity index (χ2v) is 10.1. The van der Waals surface area contributed by atoms with Crippen LogP contribution >= 0.6 is 11.6 Å². The van der Waals surface area contributed by atoms with Gasteiger partial charge in [0.25, 0.3) is 0 Å². The van der Waals surface area contributed by atoms with Crippen LogP contribution < -0.4 is 0 Å². The van der Waals surface area contributed by atoms with Gasteiger partial charge in [-0.1, -0.05) is 23.7 Å². The van der Waals surface area contributed by atoms with E-state index in [2.05, 4.69) is 0 Å². The van der Waals surface area contributed by atoms with E-state index >= 15 is 0 Å². The van der Waals surface area contributed by atoms with Crippen LogP contribution in [0.2, 0.25) is 5.02 Å². The number of carbonyl (C=O) groups excluding carboxylic acids is 2. The lowest BCUT2D eigenvalue weighted by Gasteiger charge is -2.37. The number of ether oxygens (including phenoxy) is 1. The summed E-state index contributed by atoms with van der Waals surface area (Å²) in [6.07, 6.45) is 2.51. The highest BCUT2D eigenvalue weighted by Gasteiger charge is 2.36. The second-order valence-electron chi connectivity index (χ2n) is 7.71. The molecule has 2 fully saturated rings. The third-order valence-electron chi connectivity index (χ3n) is 5.71. The van der Waals surface area contributed by atoms with E-state index in [9.17, 15) is 18.0 Å². The minimum absolute atomic E-state index is 0.0176. The number of nitrogens with zero attached hydrogens (tertiary/aromatic N) is 2. The third kappa shape index (κ3) is 5.49. The van der Waals surface area contributed by atoms with E-state index in [4.69, 9.17) is 16.3 Å². The molecule has 2 aliphatic heterocycles. The van der Waals surface area contributed by atoms with Crippen molar-refractivity contribution in [3.05, 3.63) is 34.9 Å². The number of benzene rings is 1. The summed E-state index contributed by atoms with van der Waals surface area (Å²) in [7, 11) is -2.16. The first kappa shape index (κ1) is 22.1. The van der Waals surface area contributed by atoms with Gasteiger partial charge in [-0.25, -0.2) is 12.7 Å². The van der Waals surface area contributed by atoms with Crippen molar-refractivity contribution in [2.75, 3.05) is 33.3 Å². The quantitative estimate of drug-likeness (QED) is 0.653. The van der Waals surface area contributed by atoms with Crippen molar-refractivity contribution in [2.24, 2.45) is 11.8 Å². The van der Waals surface area contributed by atoms with Crippen molar-refractivity contribution in [1.29, 1.82) is 0 Å². The van der Waals surface area contributed by atoms with Gasteiger partial charge in [-0.15, -0.1) is 0 Å². The Balaban J connectivity index is 1.60. The highest BCUT2D eigenvalue weighted by molar-refractivity contribution is 7.88. The molecule has 9 heteroatoms. The smallest absolute Gasteiger partial charge is 0.308 e. The number of hydrogen-bond donors (Lipinski definition) is 0. The standard InChI is InChI=1S/C20H27ClN2O5S/c1-28-20(25)16-7-10-22(11-8-16)19(24)17-5-3-9-23(13-17)29(26,27)14-15-4-2-6-18(21)12-15/h2,4,6,12,16-17H,3,5,7-11,13-14H2,1H3/t17-/m1/s1. The number of likely N-dealkylation sites (tertiary alicyclic amines) is 1. The summed E-state index contributed by atoms with van der Waals surface area (Å²) >= 11 is 5.96. The fraction of sp³-hybridized carbons (Fsp3) is 0.600. The number of rotatable bonds is 5. The van der Waals surface area contributed by atoms with Gasteiger partial charge in [0.15, 0.2) is 0 Å². The van der Waals surface area contributed by atoms with Crippen LogP contribution in [0.5, 0.6) is 0 Å². The number of sulfonamides is 1. The Morgan fingerprint density at radius 3 is 2.52 bits per heavy atom. The van der Waals surface area contributed by atoms with Crippen molar-refractivity contribution in [3.8, 4) is 0 Å². The lowest BCUT2D eigenvalue weighted by Crippen LogP contribution is -2.49. The summed E-state index contributed by atoms with van der Waals surface area (Å²) in [6.45, 7) is 1.64. The zero-order valence-electron chi connectivity index (χ0n) is 16.5. The second kappa shape index (κ2) is 9.45. The van der Waals surface area contributed by atoms with Crippen molar-refractivity contribution < 1.29 is 22.7 Å². The van der Waals surface area contributed by atoms with E-state index in [1.807, 2.05) is 0 Å². The van der Waals surface area contributed by atoms with Crippen LogP contribution in [0, 0.1) is 11.8 Å². The molecular weight excluding hydrogens is 416 g/mol. The topological polar surface area (TPSA) is 84.0 Å². The van der Waals surface area contributed by atoms with Gasteiger partial charge in [0.2, 0.25) is 15.9 Å². The Kier molecular flexibility index (Phi) is 7.19. The van der Waals surface area contributed by atoms with Crippen molar-refractivity contribution >= 4 is 33.5 Å². The predicted octanol–water partition coefficient (Wildman–Crippen LogP) is 2.29. The molecule has 0 spiro atoms. The van der Waals surface area contributed by atoms with E-state index < -0.39 is 10.0 Å². The fourth-order valence-electron chi connectivity index (χ4n) is 4.09. The van der Waals surface area contributed by atoms with Gasteiger partial charge in [-0.2, -0.15) is 0 Å². The van der Waals surface area contributed by atoms with E-state index in [-0.39, 0.29) is 36.0 Å². The summed E-state index contributed by atoms with van der Waals surface area (Å²) < 4.78 is 32.0. The van der Waals surface area contributed by atoms with E-state index in [0.717, 1.165) is 0 Å². The molecule has 7 nitrogen and oxygen atoms in total. The Morgan fingerprint density at radius 1 is 1.14 bits per heavy atom. The number of carbonyl (C=O) groups is 2. The molecule has 1 atom stereocenters. The molecule has 1 aromatic carbocycles. The molecule has 2 saturated heterocycles.